The van der Waals surface area contributed by atoms with Gasteiger partial charge in [0.05, 0.1) is 11.1 Å². The van der Waals surface area contributed by atoms with Crippen LogP contribution in [0.1, 0.15) is 43.0 Å². The third kappa shape index (κ3) is 4.22. The number of likely N-dealkylation sites (tertiary alicyclic amines) is 1. The number of carbonyl (C=O) groups excluding carboxylic acids is 1. The fourth-order valence-corrected chi connectivity index (χ4v) is 6.01. The van der Waals surface area contributed by atoms with Crippen LogP contribution in [0.15, 0.2) is 5.16 Å². The monoisotopic (exact) mass is 405 g/mol. The van der Waals surface area contributed by atoms with E-state index < -0.39 is 0 Å². The van der Waals surface area contributed by atoms with E-state index in [0.29, 0.717) is 22.8 Å². The zero-order valence-electron chi connectivity index (χ0n) is 15.8. The minimum absolute atomic E-state index is 0.0580. The first-order valence-corrected chi connectivity index (χ1v) is 11.7. The molecular weight excluding hydrogens is 378 g/mol. The number of hydrogen-bond donors (Lipinski definition) is 2. The molecule has 8 heteroatoms. The van der Waals surface area contributed by atoms with Gasteiger partial charge in [-0.2, -0.15) is 0 Å². The second-order valence-corrected chi connectivity index (χ2v) is 9.37. The van der Waals surface area contributed by atoms with Crippen molar-refractivity contribution in [3.63, 3.8) is 0 Å². The van der Waals surface area contributed by atoms with E-state index in [-0.39, 0.29) is 5.91 Å². The molecule has 0 saturated carbocycles. The molecule has 2 aromatic heterocycles. The summed E-state index contributed by atoms with van der Waals surface area (Å²) in [4.78, 5) is 26.3. The predicted octanol–water partition coefficient (Wildman–Crippen LogP) is 2.84. The Labute approximate surface area is 168 Å². The number of rotatable bonds is 5. The minimum Gasteiger partial charge on any atom is -0.383 e. The van der Waals surface area contributed by atoms with Crippen LogP contribution < -0.4 is 11.1 Å². The van der Waals surface area contributed by atoms with Crippen molar-refractivity contribution in [1.82, 2.24) is 20.2 Å². The van der Waals surface area contributed by atoms with Crippen molar-refractivity contribution < 1.29 is 4.79 Å². The molecule has 1 amide bonds. The Morgan fingerprint density at radius 1 is 1.30 bits per heavy atom. The Balaban J connectivity index is 1.37. The van der Waals surface area contributed by atoms with Gasteiger partial charge in [0.25, 0.3) is 0 Å². The van der Waals surface area contributed by atoms with E-state index in [0.717, 1.165) is 55.5 Å². The van der Waals surface area contributed by atoms with Crippen LogP contribution in [0.25, 0.3) is 10.2 Å². The van der Waals surface area contributed by atoms with Gasteiger partial charge in [-0.15, -0.1) is 11.3 Å². The third-order valence-corrected chi connectivity index (χ3v) is 7.59. The van der Waals surface area contributed by atoms with Gasteiger partial charge < -0.3 is 16.0 Å². The number of amides is 1. The molecule has 3 N–H and O–H groups in total. The summed E-state index contributed by atoms with van der Waals surface area (Å²) in [5.74, 6) is 0.959. The van der Waals surface area contributed by atoms with Gasteiger partial charge in [-0.25, -0.2) is 9.97 Å². The summed E-state index contributed by atoms with van der Waals surface area (Å²) in [6, 6.07) is 0.290. The minimum atomic E-state index is 0.0580. The molecule has 0 spiro atoms. The van der Waals surface area contributed by atoms with Gasteiger partial charge in [0.15, 0.2) is 5.16 Å². The highest BCUT2D eigenvalue weighted by atomic mass is 32.2. The first-order valence-electron chi connectivity index (χ1n) is 9.86. The number of nitrogens with one attached hydrogen (secondary N) is 1. The van der Waals surface area contributed by atoms with Crippen LogP contribution >= 0.6 is 23.1 Å². The molecular formula is C19H27N5OS2. The first kappa shape index (κ1) is 19.0. The Morgan fingerprint density at radius 3 is 2.85 bits per heavy atom. The van der Waals surface area contributed by atoms with Gasteiger partial charge in [-0.05, 0) is 50.6 Å². The number of thiophene rings is 1. The van der Waals surface area contributed by atoms with Crippen LogP contribution in [0.5, 0.6) is 0 Å². The Kier molecular flexibility index (Phi) is 5.85. The third-order valence-electron chi connectivity index (χ3n) is 5.55. The second kappa shape index (κ2) is 8.32. The molecule has 4 rings (SSSR count). The molecule has 1 aliphatic carbocycles. The molecule has 1 saturated heterocycles. The number of hydrogen-bond acceptors (Lipinski definition) is 7. The molecule has 0 bridgehead atoms. The maximum absolute atomic E-state index is 12.3. The fraction of sp³-hybridized carbons (Fsp3) is 0.632. The lowest BCUT2D eigenvalue weighted by Crippen LogP contribution is -2.45. The highest BCUT2D eigenvalue weighted by Gasteiger charge is 2.22. The van der Waals surface area contributed by atoms with Crippen molar-refractivity contribution in [2.75, 3.05) is 31.1 Å². The number of nitrogen functional groups attached to an aromatic ring is 1. The smallest absolute Gasteiger partial charge is 0.230 e. The number of carbonyl (C=O) groups is 1. The van der Waals surface area contributed by atoms with Gasteiger partial charge >= 0.3 is 0 Å². The van der Waals surface area contributed by atoms with E-state index >= 15 is 0 Å². The topological polar surface area (TPSA) is 84.1 Å². The highest BCUT2D eigenvalue weighted by molar-refractivity contribution is 7.99. The number of thioether (sulfide) groups is 1. The predicted molar refractivity (Wildman–Crippen MR) is 112 cm³/mol. The molecule has 0 atom stereocenters. The molecule has 2 aliphatic rings. The SMILES string of the molecule is CCN1CCC(NC(=O)CSc2nc(N)c3c4c(sc3n2)CCCC4)CC1. The molecule has 27 heavy (non-hydrogen) atoms. The summed E-state index contributed by atoms with van der Waals surface area (Å²) in [6.45, 7) is 5.40. The number of fused-ring (bicyclic) bond motifs is 3. The molecule has 146 valence electrons. The van der Waals surface area contributed by atoms with Crippen LogP contribution in [0.2, 0.25) is 0 Å². The van der Waals surface area contributed by atoms with E-state index in [1.54, 1.807) is 11.3 Å². The van der Waals surface area contributed by atoms with E-state index in [4.69, 9.17) is 5.73 Å². The van der Waals surface area contributed by atoms with E-state index in [9.17, 15) is 4.79 Å². The van der Waals surface area contributed by atoms with Gasteiger partial charge in [-0.3, -0.25) is 4.79 Å². The quantitative estimate of drug-likeness (QED) is 0.588. The summed E-state index contributed by atoms with van der Waals surface area (Å²) in [5, 5.41) is 4.81. The standard InChI is InChI=1S/C19H27N5OS2/c1-2-24-9-7-12(8-10-24)21-15(25)11-26-19-22-17(20)16-13-5-3-4-6-14(13)27-18(16)23-19/h12H,2-11H2,1H3,(H,21,25)(H2,20,22,23). The largest absolute Gasteiger partial charge is 0.383 e. The highest BCUT2D eigenvalue weighted by Crippen LogP contribution is 2.38. The number of nitrogens with zero attached hydrogens (tertiary/aromatic N) is 3. The van der Waals surface area contributed by atoms with Crippen molar-refractivity contribution in [1.29, 1.82) is 0 Å². The van der Waals surface area contributed by atoms with Crippen molar-refractivity contribution in [2.45, 2.75) is 56.6 Å². The molecule has 1 fully saturated rings. The molecule has 1 aliphatic heterocycles. The Morgan fingerprint density at radius 2 is 2.07 bits per heavy atom. The molecule has 0 aromatic carbocycles. The van der Waals surface area contributed by atoms with Crippen LogP contribution in [-0.2, 0) is 17.6 Å². The fourth-order valence-electron chi connectivity index (χ4n) is 4.02. The van der Waals surface area contributed by atoms with Crippen LogP contribution in [0.4, 0.5) is 5.82 Å². The zero-order valence-corrected chi connectivity index (χ0v) is 17.4. The number of piperidine rings is 1. The van der Waals surface area contributed by atoms with Crippen molar-refractivity contribution >= 4 is 45.0 Å². The molecule has 2 aromatic rings. The summed E-state index contributed by atoms with van der Waals surface area (Å²) in [6.07, 6.45) is 6.71. The van der Waals surface area contributed by atoms with E-state index in [1.807, 2.05) is 0 Å². The zero-order chi connectivity index (χ0) is 18.8. The molecule has 0 radical (unpaired) electrons. The molecule has 0 unspecified atom stereocenters. The lowest BCUT2D eigenvalue weighted by molar-refractivity contribution is -0.119. The molecule has 6 nitrogen and oxygen atoms in total. The van der Waals surface area contributed by atoms with Gasteiger partial charge in [0.2, 0.25) is 5.91 Å². The Hall–Kier alpha value is -1.38. The van der Waals surface area contributed by atoms with Crippen LogP contribution in [0.3, 0.4) is 0 Å². The first-order chi connectivity index (χ1) is 13.1. The maximum atomic E-state index is 12.3. The van der Waals surface area contributed by atoms with Crippen molar-refractivity contribution in [3.8, 4) is 0 Å². The number of nitrogens with two attached hydrogens (primary N) is 1. The number of aromatic nitrogens is 2. The summed E-state index contributed by atoms with van der Waals surface area (Å²) in [5.41, 5.74) is 7.60. The average Bonchev–Trinajstić information content (AvgIpc) is 3.06. The van der Waals surface area contributed by atoms with E-state index in [2.05, 4.69) is 27.1 Å². The summed E-state index contributed by atoms with van der Waals surface area (Å²) < 4.78 is 0. The number of aryl methyl sites for hydroxylation is 2. The van der Waals surface area contributed by atoms with E-state index in [1.165, 1.54) is 35.0 Å². The number of anilines is 1. The molecule has 3 heterocycles. The van der Waals surface area contributed by atoms with Gasteiger partial charge in [-0.1, -0.05) is 18.7 Å². The summed E-state index contributed by atoms with van der Waals surface area (Å²) in [7, 11) is 0. The maximum Gasteiger partial charge on any atom is 0.230 e. The lowest BCUT2D eigenvalue weighted by Gasteiger charge is -2.31. The van der Waals surface area contributed by atoms with Crippen LogP contribution in [-0.4, -0.2) is 52.2 Å². The summed E-state index contributed by atoms with van der Waals surface area (Å²) >= 11 is 3.12. The van der Waals surface area contributed by atoms with Crippen molar-refractivity contribution in [3.05, 3.63) is 10.4 Å². The average molecular weight is 406 g/mol. The second-order valence-electron chi connectivity index (χ2n) is 7.35. The Bertz CT molecular complexity index is 829. The van der Waals surface area contributed by atoms with Crippen LogP contribution in [0, 0.1) is 0 Å². The normalized spacial score (nSPS) is 18.6. The van der Waals surface area contributed by atoms with Gasteiger partial charge in [0, 0.05) is 24.0 Å². The lowest BCUT2D eigenvalue weighted by atomic mass is 9.97. The van der Waals surface area contributed by atoms with Crippen molar-refractivity contribution in [2.24, 2.45) is 0 Å². The van der Waals surface area contributed by atoms with Gasteiger partial charge in [0.1, 0.15) is 10.6 Å².